The van der Waals surface area contributed by atoms with E-state index >= 15 is 0 Å². The molecule has 2 heteroatoms. The lowest BCUT2D eigenvalue weighted by molar-refractivity contribution is 0.641. The monoisotopic (exact) mass is 306 g/mol. The SMILES string of the molecule is CC(C)=Nc1ccc(C(C)(C)c2ccc(N=C(C)C)cc2)cc1. The van der Waals surface area contributed by atoms with Crippen molar-refractivity contribution in [3.63, 3.8) is 0 Å². The van der Waals surface area contributed by atoms with E-state index in [9.17, 15) is 0 Å². The van der Waals surface area contributed by atoms with Gasteiger partial charge >= 0.3 is 0 Å². The molecule has 0 unspecified atom stereocenters. The molecule has 0 N–H and O–H groups in total. The van der Waals surface area contributed by atoms with Gasteiger partial charge in [-0.1, -0.05) is 38.1 Å². The molecule has 0 saturated carbocycles. The summed E-state index contributed by atoms with van der Waals surface area (Å²) in [6.07, 6.45) is 0. The predicted octanol–water partition coefficient (Wildman–Crippen LogP) is 6.24. The fourth-order valence-corrected chi connectivity index (χ4v) is 2.59. The number of hydrogen-bond acceptors (Lipinski definition) is 2. The fraction of sp³-hybridized carbons (Fsp3) is 0.333. The molecule has 0 heterocycles. The van der Waals surface area contributed by atoms with Gasteiger partial charge in [-0.3, -0.25) is 9.98 Å². The molecular formula is C21H26N2. The maximum atomic E-state index is 4.50. The third kappa shape index (κ3) is 4.38. The Bertz CT molecular complexity index is 646. The summed E-state index contributed by atoms with van der Waals surface area (Å²) in [5, 5.41) is 0. The average Bonchev–Trinajstić information content (AvgIpc) is 2.47. The molecule has 0 amide bonds. The van der Waals surface area contributed by atoms with Crippen LogP contribution in [0.25, 0.3) is 0 Å². The highest BCUT2D eigenvalue weighted by atomic mass is 14.7. The van der Waals surface area contributed by atoms with Crippen LogP contribution in [0, 0.1) is 0 Å². The molecule has 0 saturated heterocycles. The molecule has 2 rings (SSSR count). The largest absolute Gasteiger partial charge is 0.258 e. The van der Waals surface area contributed by atoms with Crippen LogP contribution in [0.5, 0.6) is 0 Å². The third-order valence-corrected chi connectivity index (χ3v) is 3.88. The van der Waals surface area contributed by atoms with Crippen LogP contribution in [0.2, 0.25) is 0 Å². The van der Waals surface area contributed by atoms with Gasteiger partial charge in [0.05, 0.1) is 11.4 Å². The van der Waals surface area contributed by atoms with E-state index < -0.39 is 0 Å². The molecule has 0 aliphatic carbocycles. The Morgan fingerprint density at radius 3 is 1.17 bits per heavy atom. The Kier molecular flexibility index (Phi) is 5.15. The van der Waals surface area contributed by atoms with Gasteiger partial charge in [0.25, 0.3) is 0 Å². The highest BCUT2D eigenvalue weighted by Gasteiger charge is 2.22. The van der Waals surface area contributed by atoms with Gasteiger partial charge in [0.15, 0.2) is 0 Å². The molecule has 0 aliphatic rings. The summed E-state index contributed by atoms with van der Waals surface area (Å²) in [6, 6.07) is 17.0. The molecule has 0 fully saturated rings. The van der Waals surface area contributed by atoms with Gasteiger partial charge in [-0.2, -0.15) is 0 Å². The summed E-state index contributed by atoms with van der Waals surface area (Å²) < 4.78 is 0. The van der Waals surface area contributed by atoms with Gasteiger partial charge < -0.3 is 0 Å². The number of rotatable bonds is 4. The molecular weight excluding hydrogens is 280 g/mol. The van der Waals surface area contributed by atoms with Gasteiger partial charge in [-0.25, -0.2) is 0 Å². The van der Waals surface area contributed by atoms with Crippen LogP contribution in [-0.4, -0.2) is 11.4 Å². The van der Waals surface area contributed by atoms with Crippen molar-refractivity contribution in [3.8, 4) is 0 Å². The summed E-state index contributed by atoms with van der Waals surface area (Å²) in [5.41, 5.74) is 6.67. The molecule has 0 bridgehead atoms. The zero-order valence-electron chi connectivity index (χ0n) is 15.0. The first-order chi connectivity index (χ1) is 10.8. The summed E-state index contributed by atoms with van der Waals surface area (Å²) in [5.74, 6) is 0. The number of nitrogens with zero attached hydrogens (tertiary/aromatic N) is 2. The summed E-state index contributed by atoms with van der Waals surface area (Å²) in [6.45, 7) is 12.6. The Balaban J connectivity index is 2.30. The average molecular weight is 306 g/mol. The van der Waals surface area contributed by atoms with Crippen LogP contribution >= 0.6 is 0 Å². The molecule has 0 spiro atoms. The molecule has 2 nitrogen and oxygen atoms in total. The minimum absolute atomic E-state index is 0.0486. The van der Waals surface area contributed by atoms with E-state index in [2.05, 4.69) is 72.4 Å². The van der Waals surface area contributed by atoms with Crippen LogP contribution in [0.4, 0.5) is 11.4 Å². The molecule has 2 aromatic carbocycles. The first kappa shape index (κ1) is 17.1. The molecule has 0 aliphatic heterocycles. The Morgan fingerprint density at radius 1 is 0.609 bits per heavy atom. The Morgan fingerprint density at radius 2 is 0.913 bits per heavy atom. The van der Waals surface area contributed by atoms with E-state index in [1.807, 2.05) is 27.7 Å². The first-order valence-electron chi connectivity index (χ1n) is 8.04. The van der Waals surface area contributed by atoms with Gasteiger partial charge in [0, 0.05) is 16.8 Å². The van der Waals surface area contributed by atoms with Crippen molar-refractivity contribution in [3.05, 3.63) is 59.7 Å². The van der Waals surface area contributed by atoms with Gasteiger partial charge in [-0.05, 0) is 63.1 Å². The predicted molar refractivity (Wildman–Crippen MR) is 102 cm³/mol. The number of hydrogen-bond donors (Lipinski definition) is 0. The van der Waals surface area contributed by atoms with Crippen LogP contribution in [0.3, 0.4) is 0 Å². The van der Waals surface area contributed by atoms with Crippen molar-refractivity contribution >= 4 is 22.8 Å². The van der Waals surface area contributed by atoms with Gasteiger partial charge in [0.1, 0.15) is 0 Å². The van der Waals surface area contributed by atoms with Gasteiger partial charge in [0.2, 0.25) is 0 Å². The van der Waals surface area contributed by atoms with Crippen molar-refractivity contribution in [1.29, 1.82) is 0 Å². The smallest absolute Gasteiger partial charge is 0.0628 e. The van der Waals surface area contributed by atoms with E-state index in [0.717, 1.165) is 22.8 Å². The highest BCUT2D eigenvalue weighted by Crippen LogP contribution is 2.33. The molecule has 0 radical (unpaired) electrons. The maximum absolute atomic E-state index is 4.50. The van der Waals surface area contributed by atoms with E-state index in [4.69, 9.17) is 0 Å². The lowest BCUT2D eigenvalue weighted by Gasteiger charge is -2.26. The topological polar surface area (TPSA) is 24.7 Å². The number of benzene rings is 2. The first-order valence-corrected chi connectivity index (χ1v) is 8.04. The zero-order valence-corrected chi connectivity index (χ0v) is 15.0. The normalized spacial score (nSPS) is 11.0. The van der Waals surface area contributed by atoms with Crippen molar-refractivity contribution in [2.45, 2.75) is 47.0 Å². The molecule has 0 aromatic heterocycles. The molecule has 2 aromatic rings. The van der Waals surface area contributed by atoms with Crippen molar-refractivity contribution in [1.82, 2.24) is 0 Å². The fourth-order valence-electron chi connectivity index (χ4n) is 2.59. The van der Waals surface area contributed by atoms with E-state index in [0.29, 0.717) is 0 Å². The summed E-state index contributed by atoms with van der Waals surface area (Å²) in [7, 11) is 0. The van der Waals surface area contributed by atoms with E-state index in [-0.39, 0.29) is 5.41 Å². The van der Waals surface area contributed by atoms with E-state index in [1.54, 1.807) is 0 Å². The molecule has 120 valence electrons. The highest BCUT2D eigenvalue weighted by molar-refractivity contribution is 5.82. The quantitative estimate of drug-likeness (QED) is 0.597. The standard InChI is InChI=1S/C21H26N2/c1-15(2)22-19-11-7-17(8-12-19)21(5,6)18-9-13-20(14-10-18)23-16(3)4/h7-14H,1-6H3. The molecule has 23 heavy (non-hydrogen) atoms. The second-order valence-corrected chi connectivity index (χ2v) is 6.84. The van der Waals surface area contributed by atoms with Crippen LogP contribution in [-0.2, 0) is 5.41 Å². The Labute approximate surface area is 140 Å². The summed E-state index contributed by atoms with van der Waals surface area (Å²) in [4.78, 5) is 8.99. The minimum Gasteiger partial charge on any atom is -0.258 e. The maximum Gasteiger partial charge on any atom is 0.0628 e. The second-order valence-electron chi connectivity index (χ2n) is 6.84. The third-order valence-electron chi connectivity index (χ3n) is 3.88. The van der Waals surface area contributed by atoms with Crippen LogP contribution in [0.15, 0.2) is 58.5 Å². The van der Waals surface area contributed by atoms with Crippen molar-refractivity contribution < 1.29 is 0 Å². The van der Waals surface area contributed by atoms with Crippen LogP contribution in [0.1, 0.15) is 52.7 Å². The Hall–Kier alpha value is -2.22. The zero-order chi connectivity index (χ0) is 17.0. The minimum atomic E-state index is -0.0486. The van der Waals surface area contributed by atoms with Crippen molar-refractivity contribution in [2.75, 3.05) is 0 Å². The van der Waals surface area contributed by atoms with Crippen LogP contribution < -0.4 is 0 Å². The molecule has 0 atom stereocenters. The van der Waals surface area contributed by atoms with Gasteiger partial charge in [-0.15, -0.1) is 0 Å². The summed E-state index contributed by atoms with van der Waals surface area (Å²) >= 11 is 0. The lowest BCUT2D eigenvalue weighted by atomic mass is 9.78. The van der Waals surface area contributed by atoms with E-state index in [1.165, 1.54) is 11.1 Å². The number of aliphatic imine (C=N–C) groups is 2. The van der Waals surface area contributed by atoms with Crippen molar-refractivity contribution in [2.24, 2.45) is 9.98 Å². The lowest BCUT2D eigenvalue weighted by Crippen LogP contribution is -2.18. The second kappa shape index (κ2) is 6.91.